The smallest absolute Gasteiger partial charge is 0.289 e. The lowest BCUT2D eigenvalue weighted by Gasteiger charge is -2.27. The fourth-order valence-corrected chi connectivity index (χ4v) is 2.54. The first kappa shape index (κ1) is 16.3. The third-order valence-corrected chi connectivity index (χ3v) is 4.20. The van der Waals surface area contributed by atoms with Gasteiger partial charge in [-0.15, -0.1) is 0 Å². The Hall–Kier alpha value is -2.60. The Kier molecular flexibility index (Phi) is 4.66. The van der Waals surface area contributed by atoms with Gasteiger partial charge in [-0.25, -0.2) is 0 Å². The predicted octanol–water partition coefficient (Wildman–Crippen LogP) is 4.43. The highest BCUT2D eigenvalue weighted by Gasteiger charge is 2.22. The molecule has 124 valence electrons. The predicted molar refractivity (Wildman–Crippen MR) is 90.8 cm³/mol. The number of rotatable bonds is 5. The van der Waals surface area contributed by atoms with Gasteiger partial charge >= 0.3 is 0 Å². The molecule has 7 heteroatoms. The number of carbonyl (C=O) groups is 1. The number of hydrogen-bond donors (Lipinski definition) is 1. The third-order valence-electron chi connectivity index (χ3n) is 3.88. The molecule has 1 aliphatic carbocycles. The number of anilines is 1. The molecule has 1 fully saturated rings. The Bertz CT molecular complexity index is 790. The van der Waals surface area contributed by atoms with E-state index in [1.807, 2.05) is 0 Å². The van der Waals surface area contributed by atoms with Crippen LogP contribution in [0.4, 0.5) is 11.4 Å². The van der Waals surface area contributed by atoms with Gasteiger partial charge < -0.3 is 10.1 Å². The van der Waals surface area contributed by atoms with E-state index < -0.39 is 4.92 Å². The van der Waals surface area contributed by atoms with Gasteiger partial charge in [0.05, 0.1) is 16.6 Å². The summed E-state index contributed by atoms with van der Waals surface area (Å²) in [5.41, 5.74) is 0.435. The molecule has 0 heterocycles. The molecule has 1 saturated carbocycles. The number of para-hydroxylation sites is 1. The summed E-state index contributed by atoms with van der Waals surface area (Å²) in [6.07, 6.45) is 3.25. The number of ether oxygens (including phenoxy) is 1. The van der Waals surface area contributed by atoms with Crippen LogP contribution in [0.1, 0.15) is 29.6 Å². The summed E-state index contributed by atoms with van der Waals surface area (Å²) >= 11 is 5.78. The molecule has 6 nitrogen and oxygen atoms in total. The number of nitro benzene ring substituents is 1. The standard InChI is InChI=1S/C17H15ClN2O4/c18-14-9-8-11(10-15(14)20(22)23)19-17(21)13-6-1-2-7-16(13)24-12-4-3-5-12/h1-2,6-10,12H,3-5H2,(H,19,21). The summed E-state index contributed by atoms with van der Waals surface area (Å²) in [5, 5.41) is 13.6. The van der Waals surface area contributed by atoms with Gasteiger partial charge in [0, 0.05) is 11.8 Å². The number of amides is 1. The van der Waals surface area contributed by atoms with E-state index in [-0.39, 0.29) is 22.7 Å². The summed E-state index contributed by atoms with van der Waals surface area (Å²) in [6.45, 7) is 0. The lowest BCUT2D eigenvalue weighted by atomic mass is 9.96. The van der Waals surface area contributed by atoms with Crippen LogP contribution in [-0.2, 0) is 0 Å². The topological polar surface area (TPSA) is 81.5 Å². The van der Waals surface area contributed by atoms with Crippen LogP contribution in [0.2, 0.25) is 5.02 Å². The Balaban J connectivity index is 1.80. The van der Waals surface area contributed by atoms with Crippen molar-refractivity contribution in [1.82, 2.24) is 0 Å². The SMILES string of the molecule is O=C(Nc1ccc(Cl)c([N+](=O)[O-])c1)c1ccccc1OC1CCC1. The van der Waals surface area contributed by atoms with Crippen LogP contribution in [0.3, 0.4) is 0 Å². The van der Waals surface area contributed by atoms with Crippen LogP contribution in [0.5, 0.6) is 5.75 Å². The van der Waals surface area contributed by atoms with Crippen molar-refractivity contribution in [3.63, 3.8) is 0 Å². The van der Waals surface area contributed by atoms with Crippen molar-refractivity contribution in [2.45, 2.75) is 25.4 Å². The first-order valence-corrected chi connectivity index (χ1v) is 7.93. The van der Waals surface area contributed by atoms with E-state index in [1.165, 1.54) is 18.2 Å². The normalized spacial score (nSPS) is 13.9. The molecule has 0 unspecified atom stereocenters. The molecule has 2 aromatic rings. The van der Waals surface area contributed by atoms with E-state index in [2.05, 4.69) is 5.32 Å². The Morgan fingerprint density at radius 2 is 2.00 bits per heavy atom. The molecule has 0 atom stereocenters. The fraction of sp³-hybridized carbons (Fsp3) is 0.235. The zero-order chi connectivity index (χ0) is 17.1. The van der Waals surface area contributed by atoms with Crippen molar-refractivity contribution < 1.29 is 14.5 Å². The molecule has 1 aliphatic rings. The van der Waals surface area contributed by atoms with Gasteiger partial charge in [-0.1, -0.05) is 23.7 Å². The number of halogens is 1. The molecule has 2 aromatic carbocycles. The first-order valence-electron chi connectivity index (χ1n) is 7.55. The second-order valence-corrected chi connectivity index (χ2v) is 5.95. The van der Waals surface area contributed by atoms with E-state index >= 15 is 0 Å². The van der Waals surface area contributed by atoms with Crippen molar-refractivity contribution >= 4 is 28.9 Å². The van der Waals surface area contributed by atoms with Crippen LogP contribution >= 0.6 is 11.6 Å². The highest BCUT2D eigenvalue weighted by molar-refractivity contribution is 6.32. The molecule has 0 saturated heterocycles. The second-order valence-electron chi connectivity index (χ2n) is 5.54. The van der Waals surface area contributed by atoms with Gasteiger partial charge in [0.2, 0.25) is 0 Å². The molecule has 0 radical (unpaired) electrons. The average molecular weight is 347 g/mol. The van der Waals surface area contributed by atoms with E-state index in [9.17, 15) is 14.9 Å². The summed E-state index contributed by atoms with van der Waals surface area (Å²) in [7, 11) is 0. The van der Waals surface area contributed by atoms with E-state index in [4.69, 9.17) is 16.3 Å². The molecular formula is C17H15ClN2O4. The molecule has 0 aliphatic heterocycles. The summed E-state index contributed by atoms with van der Waals surface area (Å²) in [5.74, 6) is 0.129. The third kappa shape index (κ3) is 3.49. The Morgan fingerprint density at radius 1 is 1.25 bits per heavy atom. The molecule has 3 rings (SSSR count). The van der Waals surface area contributed by atoms with E-state index in [0.717, 1.165) is 19.3 Å². The maximum atomic E-state index is 12.5. The van der Waals surface area contributed by atoms with E-state index in [0.29, 0.717) is 17.0 Å². The number of nitrogens with one attached hydrogen (secondary N) is 1. The Labute approximate surface area is 143 Å². The Morgan fingerprint density at radius 3 is 2.67 bits per heavy atom. The molecule has 0 spiro atoms. The van der Waals surface area contributed by atoms with Crippen molar-refractivity contribution in [1.29, 1.82) is 0 Å². The van der Waals surface area contributed by atoms with Gasteiger partial charge in [-0.2, -0.15) is 0 Å². The van der Waals surface area contributed by atoms with Crippen molar-refractivity contribution in [2.75, 3.05) is 5.32 Å². The lowest BCUT2D eigenvalue weighted by molar-refractivity contribution is -0.384. The quantitative estimate of drug-likeness (QED) is 0.641. The zero-order valence-corrected chi connectivity index (χ0v) is 13.5. The first-order chi connectivity index (χ1) is 11.5. The van der Waals surface area contributed by atoms with Crippen molar-refractivity contribution in [3.05, 3.63) is 63.2 Å². The van der Waals surface area contributed by atoms with Crippen LogP contribution in [0, 0.1) is 10.1 Å². The summed E-state index contributed by atoms with van der Waals surface area (Å²) < 4.78 is 5.83. The van der Waals surface area contributed by atoms with Crippen molar-refractivity contribution in [3.8, 4) is 5.75 Å². The number of benzene rings is 2. The molecule has 0 bridgehead atoms. The molecule has 1 amide bonds. The summed E-state index contributed by atoms with van der Waals surface area (Å²) in [4.78, 5) is 22.8. The average Bonchev–Trinajstić information content (AvgIpc) is 2.53. The zero-order valence-electron chi connectivity index (χ0n) is 12.7. The minimum atomic E-state index is -0.592. The maximum Gasteiger partial charge on any atom is 0.289 e. The molecule has 0 aromatic heterocycles. The molecule has 1 N–H and O–H groups in total. The van der Waals surface area contributed by atoms with Crippen LogP contribution in [0.25, 0.3) is 0 Å². The molecule has 24 heavy (non-hydrogen) atoms. The minimum absolute atomic E-state index is 0.0201. The number of nitrogens with zero attached hydrogens (tertiary/aromatic N) is 1. The van der Waals surface area contributed by atoms with Gasteiger partial charge in [0.15, 0.2) is 0 Å². The number of hydrogen-bond acceptors (Lipinski definition) is 4. The van der Waals surface area contributed by atoms with Crippen LogP contribution in [0.15, 0.2) is 42.5 Å². The van der Waals surface area contributed by atoms with Gasteiger partial charge in [0.1, 0.15) is 10.8 Å². The van der Waals surface area contributed by atoms with Crippen LogP contribution < -0.4 is 10.1 Å². The largest absolute Gasteiger partial charge is 0.490 e. The van der Waals surface area contributed by atoms with Crippen LogP contribution in [-0.4, -0.2) is 16.9 Å². The molecular weight excluding hydrogens is 332 g/mol. The minimum Gasteiger partial charge on any atom is -0.490 e. The second kappa shape index (κ2) is 6.88. The van der Waals surface area contributed by atoms with E-state index in [1.54, 1.807) is 24.3 Å². The fourth-order valence-electron chi connectivity index (χ4n) is 2.35. The van der Waals surface area contributed by atoms with Gasteiger partial charge in [-0.3, -0.25) is 14.9 Å². The highest BCUT2D eigenvalue weighted by Crippen LogP contribution is 2.30. The summed E-state index contributed by atoms with van der Waals surface area (Å²) in [6, 6.07) is 11.1. The van der Waals surface area contributed by atoms with Crippen molar-refractivity contribution in [2.24, 2.45) is 0 Å². The number of carbonyl (C=O) groups excluding carboxylic acids is 1. The van der Waals surface area contributed by atoms with Gasteiger partial charge in [0.25, 0.3) is 11.6 Å². The van der Waals surface area contributed by atoms with Gasteiger partial charge in [-0.05, 0) is 43.5 Å². The maximum absolute atomic E-state index is 12.5. The lowest BCUT2D eigenvalue weighted by Crippen LogP contribution is -2.26. The number of nitro groups is 1. The highest BCUT2D eigenvalue weighted by atomic mass is 35.5. The monoisotopic (exact) mass is 346 g/mol.